The molecule has 0 fully saturated rings. The van der Waals surface area contributed by atoms with Crippen LogP contribution in [0, 0.1) is 0 Å². The summed E-state index contributed by atoms with van der Waals surface area (Å²) < 4.78 is 0. The van der Waals surface area contributed by atoms with Gasteiger partial charge in [0.1, 0.15) is 5.82 Å². The summed E-state index contributed by atoms with van der Waals surface area (Å²) in [5, 5.41) is 9.57. The van der Waals surface area contributed by atoms with Crippen LogP contribution in [0.25, 0.3) is 0 Å². The van der Waals surface area contributed by atoms with Gasteiger partial charge in [-0.15, -0.1) is 0 Å². The van der Waals surface area contributed by atoms with E-state index in [9.17, 15) is 9.59 Å². The minimum Gasteiger partial charge on any atom is -0.481 e. The third-order valence-electron chi connectivity index (χ3n) is 3.41. The van der Waals surface area contributed by atoms with Crippen LogP contribution in [0.5, 0.6) is 0 Å². The van der Waals surface area contributed by atoms with Gasteiger partial charge in [0.25, 0.3) is 5.91 Å². The Morgan fingerprint density at radius 2 is 2.05 bits per heavy atom. The van der Waals surface area contributed by atoms with Crippen LogP contribution < -0.4 is 4.90 Å². The van der Waals surface area contributed by atoms with Crippen molar-refractivity contribution < 1.29 is 14.7 Å². The summed E-state index contributed by atoms with van der Waals surface area (Å²) in [5.74, 6) is -0.818. The Balaban J connectivity index is 2.08. The van der Waals surface area contributed by atoms with Crippen LogP contribution in [0.15, 0.2) is 42.6 Å². The molecule has 1 atom stereocenters. The van der Waals surface area contributed by atoms with Gasteiger partial charge in [0, 0.05) is 11.8 Å². The molecular weight excluding hydrogens is 292 g/mol. The molecule has 0 saturated carbocycles. The molecule has 6 heteroatoms. The van der Waals surface area contributed by atoms with Crippen molar-refractivity contribution >= 4 is 29.3 Å². The Labute approximate surface area is 125 Å². The molecule has 1 aromatic carbocycles. The summed E-state index contributed by atoms with van der Waals surface area (Å²) in [6.07, 6.45) is 1.26. The SMILES string of the molecule is O=C(O)CC1c2ccccc2C(=O)N1c1ccc(Cl)cn1. The van der Waals surface area contributed by atoms with E-state index in [2.05, 4.69) is 4.98 Å². The second kappa shape index (κ2) is 5.18. The zero-order valence-electron chi connectivity index (χ0n) is 10.9. The smallest absolute Gasteiger partial charge is 0.305 e. The Morgan fingerprint density at radius 3 is 2.71 bits per heavy atom. The van der Waals surface area contributed by atoms with Crippen LogP contribution in [0.1, 0.15) is 28.4 Å². The summed E-state index contributed by atoms with van der Waals surface area (Å²) >= 11 is 5.80. The van der Waals surface area contributed by atoms with Gasteiger partial charge in [-0.2, -0.15) is 0 Å². The molecule has 3 rings (SSSR count). The lowest BCUT2D eigenvalue weighted by Crippen LogP contribution is -2.30. The predicted molar refractivity (Wildman–Crippen MR) is 77.5 cm³/mol. The van der Waals surface area contributed by atoms with Crippen LogP contribution in [0.3, 0.4) is 0 Å². The van der Waals surface area contributed by atoms with E-state index in [1.165, 1.54) is 11.1 Å². The van der Waals surface area contributed by atoms with Crippen molar-refractivity contribution in [2.24, 2.45) is 0 Å². The molecule has 0 aliphatic carbocycles. The molecule has 0 bridgehead atoms. The third-order valence-corrected chi connectivity index (χ3v) is 3.63. The summed E-state index contributed by atoms with van der Waals surface area (Å²) in [5.41, 5.74) is 1.22. The number of carbonyl (C=O) groups is 2. The Kier molecular flexibility index (Phi) is 3.35. The number of amides is 1. The average molecular weight is 303 g/mol. The highest BCUT2D eigenvalue weighted by molar-refractivity contribution is 6.30. The number of rotatable bonds is 3. The second-order valence-corrected chi connectivity index (χ2v) is 5.15. The number of hydrogen-bond donors (Lipinski definition) is 1. The highest BCUT2D eigenvalue weighted by Gasteiger charge is 2.39. The number of carboxylic acids is 1. The van der Waals surface area contributed by atoms with Gasteiger partial charge in [-0.05, 0) is 23.8 Å². The highest BCUT2D eigenvalue weighted by Crippen LogP contribution is 2.38. The first-order valence-electron chi connectivity index (χ1n) is 6.34. The lowest BCUT2D eigenvalue weighted by molar-refractivity contribution is -0.137. The molecule has 0 saturated heterocycles. The van der Waals surface area contributed by atoms with Crippen LogP contribution >= 0.6 is 11.6 Å². The van der Waals surface area contributed by atoms with E-state index in [1.807, 2.05) is 0 Å². The maximum absolute atomic E-state index is 12.5. The number of carbonyl (C=O) groups excluding carboxylic acids is 1. The molecule has 1 aromatic heterocycles. The van der Waals surface area contributed by atoms with Crippen LogP contribution in [-0.2, 0) is 4.79 Å². The normalized spacial score (nSPS) is 16.9. The van der Waals surface area contributed by atoms with E-state index < -0.39 is 12.0 Å². The summed E-state index contributed by atoms with van der Waals surface area (Å²) in [4.78, 5) is 29.2. The third kappa shape index (κ3) is 2.36. The monoisotopic (exact) mass is 302 g/mol. The molecule has 1 aliphatic heterocycles. The van der Waals surface area contributed by atoms with Gasteiger partial charge in [0.15, 0.2) is 0 Å². The molecule has 1 unspecified atom stereocenters. The first kappa shape index (κ1) is 13.6. The fraction of sp³-hybridized carbons (Fsp3) is 0.133. The summed E-state index contributed by atoms with van der Waals surface area (Å²) in [6, 6.07) is 9.70. The molecule has 1 amide bonds. The number of aromatic nitrogens is 1. The number of nitrogens with zero attached hydrogens (tertiary/aromatic N) is 2. The number of aliphatic carboxylic acids is 1. The Hall–Kier alpha value is -2.40. The van der Waals surface area contributed by atoms with Crippen molar-refractivity contribution in [1.82, 2.24) is 4.98 Å². The fourth-order valence-corrected chi connectivity index (χ4v) is 2.65. The van der Waals surface area contributed by atoms with Crippen LogP contribution in [-0.4, -0.2) is 22.0 Å². The minimum absolute atomic E-state index is 0.174. The standard InChI is InChI=1S/C15H11ClN2O3/c16-9-5-6-13(17-8-9)18-12(7-14(19)20)10-3-1-2-4-11(10)15(18)21/h1-6,8,12H,7H2,(H,19,20). The van der Waals surface area contributed by atoms with Gasteiger partial charge in [-0.1, -0.05) is 29.8 Å². The maximum Gasteiger partial charge on any atom is 0.305 e. The average Bonchev–Trinajstić information content (AvgIpc) is 2.73. The van der Waals surface area contributed by atoms with Gasteiger partial charge in [0.05, 0.1) is 17.5 Å². The molecule has 1 N–H and O–H groups in total. The van der Waals surface area contributed by atoms with Gasteiger partial charge >= 0.3 is 5.97 Å². The quantitative estimate of drug-likeness (QED) is 0.946. The number of halogens is 1. The van der Waals surface area contributed by atoms with Crippen molar-refractivity contribution in [1.29, 1.82) is 0 Å². The van der Waals surface area contributed by atoms with Gasteiger partial charge in [-0.25, -0.2) is 4.98 Å². The number of hydrogen-bond acceptors (Lipinski definition) is 3. The fourth-order valence-electron chi connectivity index (χ4n) is 2.53. The van der Waals surface area contributed by atoms with Gasteiger partial charge in [-0.3, -0.25) is 14.5 Å². The van der Waals surface area contributed by atoms with Gasteiger partial charge < -0.3 is 5.11 Å². The number of carboxylic acid groups (broad SMARTS) is 1. The Bertz CT molecular complexity index is 715. The lowest BCUT2D eigenvalue weighted by atomic mass is 10.0. The number of fused-ring (bicyclic) bond motifs is 1. The first-order chi connectivity index (χ1) is 10.1. The summed E-state index contributed by atoms with van der Waals surface area (Å²) in [7, 11) is 0. The predicted octanol–water partition coefficient (Wildman–Crippen LogP) is 2.91. The molecule has 2 aromatic rings. The van der Waals surface area contributed by atoms with Crippen molar-refractivity contribution in [3.8, 4) is 0 Å². The molecule has 0 radical (unpaired) electrons. The minimum atomic E-state index is -0.969. The van der Waals surface area contributed by atoms with Gasteiger partial charge in [0.2, 0.25) is 0 Å². The highest BCUT2D eigenvalue weighted by atomic mass is 35.5. The molecule has 1 aliphatic rings. The molecule has 5 nitrogen and oxygen atoms in total. The van der Waals surface area contributed by atoms with E-state index in [4.69, 9.17) is 16.7 Å². The molecular formula is C15H11ClN2O3. The number of benzene rings is 1. The topological polar surface area (TPSA) is 70.5 Å². The lowest BCUT2D eigenvalue weighted by Gasteiger charge is -2.23. The van der Waals surface area contributed by atoms with E-state index >= 15 is 0 Å². The first-order valence-corrected chi connectivity index (χ1v) is 6.71. The van der Waals surface area contributed by atoms with Crippen LogP contribution in [0.4, 0.5) is 5.82 Å². The summed E-state index contributed by atoms with van der Waals surface area (Å²) in [6.45, 7) is 0. The zero-order chi connectivity index (χ0) is 15.0. The number of anilines is 1. The van der Waals surface area contributed by atoms with Crippen molar-refractivity contribution in [3.63, 3.8) is 0 Å². The largest absolute Gasteiger partial charge is 0.481 e. The van der Waals surface area contributed by atoms with Crippen molar-refractivity contribution in [2.45, 2.75) is 12.5 Å². The Morgan fingerprint density at radius 1 is 1.29 bits per heavy atom. The van der Waals surface area contributed by atoms with Crippen molar-refractivity contribution in [3.05, 3.63) is 58.7 Å². The van der Waals surface area contributed by atoms with E-state index in [1.54, 1.807) is 36.4 Å². The molecule has 106 valence electrons. The van der Waals surface area contributed by atoms with Crippen molar-refractivity contribution in [2.75, 3.05) is 4.90 Å². The molecule has 0 spiro atoms. The van der Waals surface area contributed by atoms with E-state index in [0.717, 1.165) is 0 Å². The molecule has 21 heavy (non-hydrogen) atoms. The second-order valence-electron chi connectivity index (χ2n) is 4.71. The van der Waals surface area contributed by atoms with E-state index in [0.29, 0.717) is 22.0 Å². The number of pyridine rings is 1. The molecule has 2 heterocycles. The maximum atomic E-state index is 12.5. The van der Waals surface area contributed by atoms with Crippen LogP contribution in [0.2, 0.25) is 5.02 Å². The van der Waals surface area contributed by atoms with E-state index in [-0.39, 0.29) is 12.3 Å². The zero-order valence-corrected chi connectivity index (χ0v) is 11.6.